The largest absolute Gasteiger partial charge is 0.492 e. The first-order chi connectivity index (χ1) is 28.3. The summed E-state index contributed by atoms with van der Waals surface area (Å²) in [4.78, 5) is 73.9. The highest BCUT2D eigenvalue weighted by atomic mass is 19.4. The Labute approximate surface area is 336 Å². The summed E-state index contributed by atoms with van der Waals surface area (Å²) in [5, 5.41) is 4.95. The average Bonchev–Trinajstić information content (AvgIpc) is 3.70. The van der Waals surface area contributed by atoms with Gasteiger partial charge in [0.1, 0.15) is 18.4 Å². The number of fused-ring (bicyclic) bond motifs is 2. The first-order valence-electron chi connectivity index (χ1n) is 19.4. The van der Waals surface area contributed by atoms with Gasteiger partial charge in [0.2, 0.25) is 17.8 Å². The molecule has 0 bridgehead atoms. The summed E-state index contributed by atoms with van der Waals surface area (Å²) in [5.41, 5.74) is 2.94. The minimum absolute atomic E-state index is 0.0222. The molecule has 1 atom stereocenters. The van der Waals surface area contributed by atoms with Gasteiger partial charge in [-0.05, 0) is 105 Å². The minimum Gasteiger partial charge on any atom is -0.492 e. The summed E-state index contributed by atoms with van der Waals surface area (Å²) < 4.78 is 48.3. The zero-order chi connectivity index (χ0) is 41.4. The number of likely N-dealkylation sites (N-methyl/N-ethyl adjacent to an activating group) is 1. The number of imidazole rings is 1. The van der Waals surface area contributed by atoms with Crippen LogP contribution < -0.4 is 20.3 Å². The number of hydrogen-bond donors (Lipinski definition) is 2. The van der Waals surface area contributed by atoms with Crippen LogP contribution in [-0.4, -0.2) is 88.2 Å². The molecule has 13 nitrogen and oxygen atoms in total. The summed E-state index contributed by atoms with van der Waals surface area (Å²) in [5.74, 6) is -2.62. The Morgan fingerprint density at radius 1 is 0.915 bits per heavy atom. The molecule has 3 aliphatic rings. The van der Waals surface area contributed by atoms with Crippen LogP contribution in [0, 0.1) is 0 Å². The number of likely N-dealkylation sites (tertiary alicyclic amines) is 1. The normalized spacial score (nSPS) is 17.3. The monoisotopic (exact) mass is 807 g/mol. The number of carbonyl (C=O) groups excluding carboxylic acids is 5. The van der Waals surface area contributed by atoms with Crippen molar-refractivity contribution in [3.63, 3.8) is 0 Å². The number of nitrogens with zero attached hydrogens (tertiary/aromatic N) is 5. The van der Waals surface area contributed by atoms with Crippen LogP contribution in [0.4, 0.5) is 24.8 Å². The zero-order valence-electron chi connectivity index (χ0n) is 32.1. The number of amides is 5. The third-order valence-corrected chi connectivity index (χ3v) is 10.9. The summed E-state index contributed by atoms with van der Waals surface area (Å²) in [6, 6.07) is 21.1. The number of anilines is 2. The topological polar surface area (TPSA) is 146 Å². The Hall–Kier alpha value is -6.55. The van der Waals surface area contributed by atoms with E-state index in [9.17, 15) is 37.1 Å². The first kappa shape index (κ1) is 39.3. The third-order valence-electron chi connectivity index (χ3n) is 10.9. The molecule has 3 aliphatic heterocycles. The Balaban J connectivity index is 1.00. The maximum Gasteiger partial charge on any atom is 0.416 e. The summed E-state index contributed by atoms with van der Waals surface area (Å²) >= 11 is 0. The van der Waals surface area contributed by atoms with E-state index >= 15 is 0 Å². The number of nitrogens with one attached hydrogen (secondary N) is 2. The van der Waals surface area contributed by atoms with E-state index < -0.39 is 47.3 Å². The van der Waals surface area contributed by atoms with Gasteiger partial charge in [0.15, 0.2) is 0 Å². The molecule has 1 unspecified atom stereocenters. The second-order valence-electron chi connectivity index (χ2n) is 14.9. The van der Waals surface area contributed by atoms with Gasteiger partial charge in [0.05, 0.1) is 40.0 Å². The standard InChI is InChI=1S/C43H40F3N7O6/c1-50(19-20-59-31-12-13-32-33(24-31)41(58)53(40(32)57)36-15-16-37(54)48-39(36)56)29-9-6-10-30(23-29)52-35-14-11-26(25-51-17-3-2-4-18-51)21-34(35)47-42(52)49-38(55)27-7-5-8-28(22-27)43(44,45)46/h5-14,21-24,36H,2-4,15-20,25H2,1H3,(H,47,49,55)(H,48,54,56). The zero-order valence-corrected chi connectivity index (χ0v) is 32.1. The van der Waals surface area contributed by atoms with Crippen LogP contribution in [0.3, 0.4) is 0 Å². The van der Waals surface area contributed by atoms with E-state index in [4.69, 9.17) is 9.72 Å². The van der Waals surface area contributed by atoms with E-state index in [1.54, 1.807) is 10.6 Å². The van der Waals surface area contributed by atoms with Crippen molar-refractivity contribution in [1.82, 2.24) is 24.7 Å². The fourth-order valence-corrected chi connectivity index (χ4v) is 7.79. The van der Waals surface area contributed by atoms with Crippen LogP contribution in [0.15, 0.2) is 84.9 Å². The van der Waals surface area contributed by atoms with Crippen LogP contribution in [0.5, 0.6) is 5.75 Å². The molecule has 2 fully saturated rings. The lowest BCUT2D eigenvalue weighted by Gasteiger charge is -2.27. The van der Waals surface area contributed by atoms with E-state index in [1.165, 1.54) is 30.7 Å². The average molecular weight is 808 g/mol. The van der Waals surface area contributed by atoms with Gasteiger partial charge < -0.3 is 9.64 Å². The number of hydrogen-bond acceptors (Lipinski definition) is 9. The third kappa shape index (κ3) is 8.12. The van der Waals surface area contributed by atoms with Crippen LogP contribution in [0.2, 0.25) is 0 Å². The lowest BCUT2D eigenvalue weighted by atomic mass is 10.0. The van der Waals surface area contributed by atoms with Crippen molar-refractivity contribution in [2.24, 2.45) is 0 Å². The molecule has 2 N–H and O–H groups in total. The molecule has 5 amide bonds. The number of imide groups is 2. The molecule has 0 radical (unpaired) electrons. The summed E-state index contributed by atoms with van der Waals surface area (Å²) in [6.45, 7) is 3.34. The molecule has 0 aliphatic carbocycles. The molecule has 1 aromatic heterocycles. The molecule has 59 heavy (non-hydrogen) atoms. The molecule has 5 aromatic rings. The van der Waals surface area contributed by atoms with E-state index in [0.717, 1.165) is 60.8 Å². The van der Waals surface area contributed by atoms with Gasteiger partial charge in [-0.2, -0.15) is 13.2 Å². The van der Waals surface area contributed by atoms with E-state index in [0.29, 0.717) is 29.0 Å². The molecule has 304 valence electrons. The summed E-state index contributed by atoms with van der Waals surface area (Å²) in [7, 11) is 1.86. The van der Waals surface area contributed by atoms with Gasteiger partial charge in [-0.3, -0.25) is 49.0 Å². The Kier molecular flexibility index (Phi) is 10.7. The van der Waals surface area contributed by atoms with Crippen molar-refractivity contribution in [3.05, 3.63) is 113 Å². The van der Waals surface area contributed by atoms with Gasteiger partial charge in [0, 0.05) is 31.3 Å². The highest BCUT2D eigenvalue weighted by Gasteiger charge is 2.44. The number of ether oxygens (including phenoxy) is 1. The number of piperidine rings is 2. The van der Waals surface area contributed by atoms with Crippen molar-refractivity contribution in [1.29, 1.82) is 0 Å². The number of benzene rings is 4. The highest BCUT2D eigenvalue weighted by Crippen LogP contribution is 2.33. The van der Waals surface area contributed by atoms with Gasteiger partial charge in [0.25, 0.3) is 17.7 Å². The van der Waals surface area contributed by atoms with Crippen LogP contribution >= 0.6 is 0 Å². The van der Waals surface area contributed by atoms with E-state index in [2.05, 4.69) is 15.5 Å². The molecule has 8 rings (SSSR count). The number of halogens is 3. The van der Waals surface area contributed by atoms with E-state index in [1.807, 2.05) is 54.4 Å². The summed E-state index contributed by atoms with van der Waals surface area (Å²) in [6.07, 6.45) is -1.04. The van der Waals surface area contributed by atoms with Crippen molar-refractivity contribution in [3.8, 4) is 11.4 Å². The molecule has 2 saturated heterocycles. The second kappa shape index (κ2) is 16.0. The SMILES string of the molecule is CN(CCOc1ccc2c(c1)C(=O)N(C1CCC(=O)NC1=O)C2=O)c1cccc(-n2c(NC(=O)c3cccc(C(F)(F)F)c3)nc3cc(CN4CCCCC4)ccc32)c1. The first-order valence-corrected chi connectivity index (χ1v) is 19.4. The lowest BCUT2D eigenvalue weighted by Crippen LogP contribution is -2.54. The van der Waals surface area contributed by atoms with Gasteiger partial charge in [-0.1, -0.05) is 24.6 Å². The number of alkyl halides is 3. The van der Waals surface area contributed by atoms with Crippen molar-refractivity contribution >= 4 is 52.2 Å². The number of rotatable bonds is 11. The number of carbonyl (C=O) groups is 5. The molecule has 0 saturated carbocycles. The molecule has 0 spiro atoms. The Morgan fingerprint density at radius 3 is 2.47 bits per heavy atom. The second-order valence-corrected chi connectivity index (χ2v) is 14.9. The Bertz CT molecular complexity index is 2500. The molecule has 4 heterocycles. The van der Waals surface area contributed by atoms with Crippen LogP contribution in [-0.2, 0) is 22.3 Å². The minimum atomic E-state index is -4.62. The van der Waals surface area contributed by atoms with Crippen molar-refractivity contribution in [2.45, 2.75) is 50.9 Å². The fraction of sp³-hybridized carbons (Fsp3) is 0.302. The maximum atomic E-state index is 13.5. The fourth-order valence-electron chi connectivity index (χ4n) is 7.79. The van der Waals surface area contributed by atoms with Crippen molar-refractivity contribution in [2.75, 3.05) is 43.5 Å². The van der Waals surface area contributed by atoms with Crippen LogP contribution in [0.25, 0.3) is 16.7 Å². The van der Waals surface area contributed by atoms with E-state index in [-0.39, 0.29) is 42.1 Å². The predicted octanol–water partition coefficient (Wildman–Crippen LogP) is 6.20. The molecule has 16 heteroatoms. The maximum absolute atomic E-state index is 13.5. The van der Waals surface area contributed by atoms with Gasteiger partial charge in [-0.15, -0.1) is 0 Å². The Morgan fingerprint density at radius 2 is 1.69 bits per heavy atom. The number of aromatic nitrogens is 2. The molecule has 4 aromatic carbocycles. The van der Waals surface area contributed by atoms with Crippen molar-refractivity contribution < 1.29 is 41.9 Å². The molecular formula is C43H40F3N7O6. The smallest absolute Gasteiger partial charge is 0.416 e. The predicted molar refractivity (Wildman–Crippen MR) is 211 cm³/mol. The quantitative estimate of drug-likeness (QED) is 0.149. The highest BCUT2D eigenvalue weighted by molar-refractivity contribution is 6.23. The van der Waals surface area contributed by atoms with Gasteiger partial charge in [-0.25, -0.2) is 4.98 Å². The van der Waals surface area contributed by atoms with Gasteiger partial charge >= 0.3 is 6.18 Å². The van der Waals surface area contributed by atoms with Crippen LogP contribution in [0.1, 0.15) is 74.3 Å². The lowest BCUT2D eigenvalue weighted by molar-refractivity contribution is -0.138. The molecular weight excluding hydrogens is 768 g/mol.